The lowest BCUT2D eigenvalue weighted by Gasteiger charge is -2.17. The molecule has 0 atom stereocenters. The van der Waals surface area contributed by atoms with Crippen molar-refractivity contribution in [2.75, 3.05) is 7.05 Å². The minimum absolute atomic E-state index is 0.00719. The summed E-state index contributed by atoms with van der Waals surface area (Å²) < 4.78 is 0. The monoisotopic (exact) mass is 376 g/mol. The zero-order valence-corrected chi connectivity index (χ0v) is 16.4. The van der Waals surface area contributed by atoms with Crippen LogP contribution in [0.25, 0.3) is 10.2 Å². The molecular formula is C21H20N4OS. The molecule has 4 rings (SSSR count). The van der Waals surface area contributed by atoms with Gasteiger partial charge in [-0.05, 0) is 49.9 Å². The van der Waals surface area contributed by atoms with Crippen molar-refractivity contribution in [1.29, 1.82) is 5.26 Å². The normalized spacial score (nSPS) is 13.6. The first kappa shape index (κ1) is 17.6. The minimum Gasteiger partial charge on any atom is -0.337 e. The second-order valence-corrected chi connectivity index (χ2v) is 8.15. The maximum absolute atomic E-state index is 13.0. The molecule has 1 fully saturated rings. The van der Waals surface area contributed by atoms with Crippen LogP contribution in [0.15, 0.2) is 24.3 Å². The molecule has 2 aromatic heterocycles. The SMILES string of the molecule is Cc1nc(C2CC2)nc2sc(C(=O)N(C)Cc3ccc(C#N)cc3)c(C)c12. The van der Waals surface area contributed by atoms with E-state index in [1.165, 1.54) is 11.3 Å². The first-order chi connectivity index (χ1) is 13.0. The Labute approximate surface area is 162 Å². The maximum atomic E-state index is 13.0. The Bertz CT molecular complexity index is 1070. The van der Waals surface area contributed by atoms with E-state index >= 15 is 0 Å². The lowest BCUT2D eigenvalue weighted by Crippen LogP contribution is -2.25. The van der Waals surface area contributed by atoms with Gasteiger partial charge in [0, 0.05) is 24.9 Å². The summed E-state index contributed by atoms with van der Waals surface area (Å²) in [5, 5.41) is 9.92. The molecule has 5 nitrogen and oxygen atoms in total. The third-order valence-electron chi connectivity index (χ3n) is 4.97. The van der Waals surface area contributed by atoms with Gasteiger partial charge < -0.3 is 4.90 Å². The number of amides is 1. The highest BCUT2D eigenvalue weighted by Gasteiger charge is 2.29. The number of nitrogens with zero attached hydrogens (tertiary/aromatic N) is 4. The van der Waals surface area contributed by atoms with Gasteiger partial charge in [0.05, 0.1) is 22.2 Å². The van der Waals surface area contributed by atoms with Crippen LogP contribution in [0.5, 0.6) is 0 Å². The van der Waals surface area contributed by atoms with Crippen LogP contribution in [-0.4, -0.2) is 27.8 Å². The average Bonchev–Trinajstić information content (AvgIpc) is 3.45. The van der Waals surface area contributed by atoms with Crippen molar-refractivity contribution in [2.45, 2.75) is 39.2 Å². The number of rotatable bonds is 4. The van der Waals surface area contributed by atoms with Gasteiger partial charge in [0.1, 0.15) is 10.7 Å². The lowest BCUT2D eigenvalue weighted by atomic mass is 10.1. The van der Waals surface area contributed by atoms with Gasteiger partial charge in [-0.1, -0.05) is 12.1 Å². The first-order valence-corrected chi connectivity index (χ1v) is 9.81. The Morgan fingerprint density at radius 1 is 1.26 bits per heavy atom. The van der Waals surface area contributed by atoms with E-state index in [1.807, 2.05) is 26.0 Å². The van der Waals surface area contributed by atoms with E-state index in [0.717, 1.165) is 50.6 Å². The maximum Gasteiger partial charge on any atom is 0.264 e. The molecule has 0 aliphatic heterocycles. The molecule has 2 heterocycles. The summed E-state index contributed by atoms with van der Waals surface area (Å²) in [5.74, 6) is 1.41. The Morgan fingerprint density at radius 3 is 2.59 bits per heavy atom. The molecule has 0 N–H and O–H groups in total. The van der Waals surface area contributed by atoms with E-state index in [-0.39, 0.29) is 5.91 Å². The van der Waals surface area contributed by atoms with E-state index in [4.69, 9.17) is 10.2 Å². The summed E-state index contributed by atoms with van der Waals surface area (Å²) in [6.07, 6.45) is 2.32. The van der Waals surface area contributed by atoms with Crippen molar-refractivity contribution < 1.29 is 4.79 Å². The number of aryl methyl sites for hydroxylation is 2. The fourth-order valence-corrected chi connectivity index (χ4v) is 4.53. The molecule has 136 valence electrons. The van der Waals surface area contributed by atoms with Crippen molar-refractivity contribution in [3.63, 3.8) is 0 Å². The third-order valence-corrected chi connectivity index (χ3v) is 6.15. The third kappa shape index (κ3) is 3.31. The molecule has 1 amide bonds. The highest BCUT2D eigenvalue weighted by molar-refractivity contribution is 7.20. The molecule has 27 heavy (non-hydrogen) atoms. The Kier molecular flexibility index (Phi) is 4.40. The molecular weight excluding hydrogens is 356 g/mol. The predicted octanol–water partition coefficient (Wildman–Crippen LogP) is 4.33. The summed E-state index contributed by atoms with van der Waals surface area (Å²) in [6, 6.07) is 9.43. The van der Waals surface area contributed by atoms with Crippen LogP contribution < -0.4 is 0 Å². The summed E-state index contributed by atoms with van der Waals surface area (Å²) in [7, 11) is 1.80. The molecule has 1 aromatic carbocycles. The van der Waals surface area contributed by atoms with E-state index in [1.54, 1.807) is 24.1 Å². The number of thiophene rings is 1. The number of carbonyl (C=O) groups is 1. The molecule has 0 spiro atoms. The van der Waals surface area contributed by atoms with Crippen LogP contribution in [-0.2, 0) is 6.54 Å². The van der Waals surface area contributed by atoms with Gasteiger partial charge in [-0.3, -0.25) is 4.79 Å². The largest absolute Gasteiger partial charge is 0.337 e. The number of fused-ring (bicyclic) bond motifs is 1. The Hall–Kier alpha value is -2.78. The van der Waals surface area contributed by atoms with E-state index < -0.39 is 0 Å². The molecule has 1 aliphatic carbocycles. The molecule has 0 radical (unpaired) electrons. The van der Waals surface area contributed by atoms with Gasteiger partial charge in [-0.2, -0.15) is 5.26 Å². The Morgan fingerprint density at radius 2 is 1.96 bits per heavy atom. The zero-order chi connectivity index (χ0) is 19.1. The number of hydrogen-bond donors (Lipinski definition) is 0. The highest BCUT2D eigenvalue weighted by atomic mass is 32.1. The molecule has 0 saturated heterocycles. The molecule has 6 heteroatoms. The molecule has 1 aliphatic rings. The summed E-state index contributed by atoms with van der Waals surface area (Å²) in [6.45, 7) is 4.48. The van der Waals surface area contributed by atoms with Crippen molar-refractivity contribution in [2.24, 2.45) is 0 Å². The van der Waals surface area contributed by atoms with Crippen LogP contribution in [0.4, 0.5) is 0 Å². The van der Waals surface area contributed by atoms with Crippen LogP contribution in [0.3, 0.4) is 0 Å². The zero-order valence-electron chi connectivity index (χ0n) is 15.6. The van der Waals surface area contributed by atoms with Crippen molar-refractivity contribution in [3.05, 3.63) is 57.4 Å². The van der Waals surface area contributed by atoms with Crippen molar-refractivity contribution in [1.82, 2.24) is 14.9 Å². The Balaban J connectivity index is 1.62. The number of aromatic nitrogens is 2. The standard InChI is InChI=1S/C21H20N4OS/c1-12-17-13(2)23-19(16-8-9-16)24-20(17)27-18(12)21(26)25(3)11-15-6-4-14(10-22)5-7-15/h4-7,16H,8-9,11H2,1-3H3. The lowest BCUT2D eigenvalue weighted by molar-refractivity contribution is 0.0789. The molecule has 3 aromatic rings. The van der Waals surface area contributed by atoms with Gasteiger partial charge in [0.15, 0.2) is 0 Å². The average molecular weight is 376 g/mol. The van der Waals surface area contributed by atoms with Gasteiger partial charge in [0.2, 0.25) is 0 Å². The highest BCUT2D eigenvalue weighted by Crippen LogP contribution is 2.40. The van der Waals surface area contributed by atoms with Crippen molar-refractivity contribution in [3.8, 4) is 6.07 Å². The minimum atomic E-state index is -0.00719. The topological polar surface area (TPSA) is 69.9 Å². The fourth-order valence-electron chi connectivity index (χ4n) is 3.29. The molecule has 0 bridgehead atoms. The smallest absolute Gasteiger partial charge is 0.264 e. The number of carbonyl (C=O) groups excluding carboxylic acids is 1. The van der Waals surface area contributed by atoms with Gasteiger partial charge >= 0.3 is 0 Å². The van der Waals surface area contributed by atoms with Gasteiger partial charge in [0.25, 0.3) is 5.91 Å². The van der Waals surface area contributed by atoms with Gasteiger partial charge in [-0.25, -0.2) is 9.97 Å². The molecule has 0 unspecified atom stereocenters. The van der Waals surface area contributed by atoms with Crippen LogP contribution in [0.2, 0.25) is 0 Å². The molecule has 1 saturated carbocycles. The van der Waals surface area contributed by atoms with Crippen molar-refractivity contribution >= 4 is 27.5 Å². The fraction of sp³-hybridized carbons (Fsp3) is 0.333. The summed E-state index contributed by atoms with van der Waals surface area (Å²) in [5.41, 5.74) is 3.54. The second kappa shape index (κ2) is 6.75. The number of nitriles is 1. The van der Waals surface area contributed by atoms with Crippen LogP contribution >= 0.6 is 11.3 Å². The second-order valence-electron chi connectivity index (χ2n) is 7.15. The predicted molar refractivity (Wildman–Crippen MR) is 106 cm³/mol. The van der Waals surface area contributed by atoms with Gasteiger partial charge in [-0.15, -0.1) is 11.3 Å². The first-order valence-electron chi connectivity index (χ1n) is 9.00. The summed E-state index contributed by atoms with van der Waals surface area (Å²) >= 11 is 1.47. The quantitative estimate of drug-likeness (QED) is 0.679. The number of benzene rings is 1. The van der Waals surface area contributed by atoms with Crippen LogP contribution in [0.1, 0.15) is 56.6 Å². The van der Waals surface area contributed by atoms with E-state index in [0.29, 0.717) is 18.0 Å². The van der Waals surface area contributed by atoms with E-state index in [2.05, 4.69) is 11.1 Å². The summed E-state index contributed by atoms with van der Waals surface area (Å²) in [4.78, 5) is 25.8. The number of hydrogen-bond acceptors (Lipinski definition) is 5. The van der Waals surface area contributed by atoms with E-state index in [9.17, 15) is 4.79 Å². The van der Waals surface area contributed by atoms with Crippen LogP contribution in [0, 0.1) is 25.2 Å².